The molecule has 1 N–H and O–H groups in total. The standard InChI is InChI=1S/C22H31NO2/c1-5-6-15-10-18-17-11-16(24)7-8-20(17)25-22(18)19-9-14(4)12-23(15)21(19)13(2)3/h7-8,11,13-15,19,21,24H,5-6,9-10,12H2,1-4H3. The van der Waals surface area contributed by atoms with Gasteiger partial charge in [-0.25, -0.2) is 0 Å². The first-order valence-electron chi connectivity index (χ1n) is 9.99. The van der Waals surface area contributed by atoms with Gasteiger partial charge in [-0.15, -0.1) is 0 Å². The summed E-state index contributed by atoms with van der Waals surface area (Å²) in [7, 11) is 0. The summed E-state index contributed by atoms with van der Waals surface area (Å²) < 4.78 is 6.43. The smallest absolute Gasteiger partial charge is 0.134 e. The second kappa shape index (κ2) is 6.35. The third kappa shape index (κ3) is 2.77. The molecule has 25 heavy (non-hydrogen) atoms. The number of nitrogens with zero attached hydrogens (tertiary/aromatic N) is 1. The van der Waals surface area contributed by atoms with Crippen LogP contribution in [0.15, 0.2) is 22.6 Å². The van der Waals surface area contributed by atoms with E-state index in [1.807, 2.05) is 12.1 Å². The summed E-state index contributed by atoms with van der Waals surface area (Å²) in [6, 6.07) is 6.71. The topological polar surface area (TPSA) is 36.6 Å². The number of hydrogen-bond acceptors (Lipinski definition) is 3. The fourth-order valence-electron chi connectivity index (χ4n) is 5.48. The fourth-order valence-corrected chi connectivity index (χ4v) is 5.48. The zero-order valence-corrected chi connectivity index (χ0v) is 16.0. The Labute approximate surface area is 151 Å². The van der Waals surface area contributed by atoms with Crippen LogP contribution in [0.1, 0.15) is 64.2 Å². The molecule has 0 spiro atoms. The highest BCUT2D eigenvalue weighted by Gasteiger charge is 2.45. The second-order valence-electron chi connectivity index (χ2n) is 8.65. The van der Waals surface area contributed by atoms with Crippen molar-refractivity contribution in [3.63, 3.8) is 0 Å². The van der Waals surface area contributed by atoms with Crippen molar-refractivity contribution in [2.24, 2.45) is 11.8 Å². The third-order valence-corrected chi connectivity index (χ3v) is 6.33. The van der Waals surface area contributed by atoms with Gasteiger partial charge in [-0.2, -0.15) is 0 Å². The van der Waals surface area contributed by atoms with E-state index in [1.54, 1.807) is 6.07 Å². The van der Waals surface area contributed by atoms with E-state index in [0.717, 1.165) is 17.4 Å². The first kappa shape index (κ1) is 17.0. The third-order valence-electron chi connectivity index (χ3n) is 6.33. The highest BCUT2D eigenvalue weighted by Crippen LogP contribution is 2.47. The van der Waals surface area contributed by atoms with Gasteiger partial charge in [0.05, 0.1) is 0 Å². The van der Waals surface area contributed by atoms with Gasteiger partial charge < -0.3 is 9.52 Å². The number of phenolic OH excluding ortho intramolecular Hbond substituents is 1. The lowest BCUT2D eigenvalue weighted by Crippen LogP contribution is -2.53. The highest BCUT2D eigenvalue weighted by atomic mass is 16.3. The average molecular weight is 341 g/mol. The number of benzene rings is 1. The van der Waals surface area contributed by atoms with Crippen molar-refractivity contribution < 1.29 is 9.52 Å². The highest BCUT2D eigenvalue weighted by molar-refractivity contribution is 5.84. The summed E-state index contributed by atoms with van der Waals surface area (Å²) in [6.07, 6.45) is 4.69. The molecule has 0 radical (unpaired) electrons. The van der Waals surface area contributed by atoms with Crippen molar-refractivity contribution in [1.29, 1.82) is 0 Å². The Morgan fingerprint density at radius 2 is 2.12 bits per heavy atom. The summed E-state index contributed by atoms with van der Waals surface area (Å²) in [5, 5.41) is 11.1. The summed E-state index contributed by atoms with van der Waals surface area (Å²) in [4.78, 5) is 2.80. The van der Waals surface area contributed by atoms with Gasteiger partial charge in [0.2, 0.25) is 0 Å². The molecule has 3 heterocycles. The Kier molecular flexibility index (Phi) is 4.31. The summed E-state index contributed by atoms with van der Waals surface area (Å²) in [5.74, 6) is 3.32. The maximum absolute atomic E-state index is 10.0. The van der Waals surface area contributed by atoms with Crippen LogP contribution in [0.2, 0.25) is 0 Å². The van der Waals surface area contributed by atoms with Gasteiger partial charge in [0.1, 0.15) is 17.1 Å². The van der Waals surface area contributed by atoms with Crippen LogP contribution in [-0.2, 0) is 6.42 Å². The van der Waals surface area contributed by atoms with Gasteiger partial charge in [0, 0.05) is 35.5 Å². The summed E-state index contributed by atoms with van der Waals surface area (Å²) in [6.45, 7) is 10.6. The van der Waals surface area contributed by atoms with Crippen LogP contribution in [0.4, 0.5) is 0 Å². The lowest BCUT2D eigenvalue weighted by atomic mass is 9.77. The predicted octanol–water partition coefficient (Wildman–Crippen LogP) is 5.31. The molecule has 4 rings (SSSR count). The van der Waals surface area contributed by atoms with E-state index in [4.69, 9.17) is 4.42 Å². The molecule has 1 fully saturated rings. The first-order valence-corrected chi connectivity index (χ1v) is 9.99. The molecule has 5 unspecified atom stereocenters. The van der Waals surface area contributed by atoms with E-state index >= 15 is 0 Å². The maximum atomic E-state index is 10.0. The molecule has 2 bridgehead atoms. The molecule has 2 aliphatic rings. The molecule has 2 aromatic rings. The quantitative estimate of drug-likeness (QED) is 0.821. The average Bonchev–Trinajstić information content (AvgIpc) is 2.87. The van der Waals surface area contributed by atoms with Crippen LogP contribution in [-0.4, -0.2) is 28.6 Å². The molecule has 1 aromatic carbocycles. The number of furan rings is 1. The molecule has 136 valence electrons. The van der Waals surface area contributed by atoms with Crippen LogP contribution >= 0.6 is 0 Å². The first-order chi connectivity index (χ1) is 12.0. The normalized spacial score (nSPS) is 32.0. The molecular weight excluding hydrogens is 310 g/mol. The largest absolute Gasteiger partial charge is 0.508 e. The van der Waals surface area contributed by atoms with Gasteiger partial charge in [0.25, 0.3) is 0 Å². The molecule has 0 saturated carbocycles. The monoisotopic (exact) mass is 341 g/mol. The molecule has 1 aromatic heterocycles. The van der Waals surface area contributed by atoms with E-state index in [0.29, 0.717) is 35.6 Å². The maximum Gasteiger partial charge on any atom is 0.134 e. The minimum Gasteiger partial charge on any atom is -0.508 e. The lowest BCUT2D eigenvalue weighted by Gasteiger charge is -2.47. The second-order valence-corrected chi connectivity index (χ2v) is 8.65. The van der Waals surface area contributed by atoms with Crippen LogP contribution < -0.4 is 0 Å². The van der Waals surface area contributed by atoms with Crippen molar-refractivity contribution in [2.75, 3.05) is 6.54 Å². The van der Waals surface area contributed by atoms with E-state index in [9.17, 15) is 5.11 Å². The van der Waals surface area contributed by atoms with Crippen molar-refractivity contribution in [3.05, 3.63) is 29.5 Å². The van der Waals surface area contributed by atoms with Crippen molar-refractivity contribution in [3.8, 4) is 5.75 Å². The molecular formula is C22H31NO2. The zero-order valence-electron chi connectivity index (χ0n) is 16.0. The van der Waals surface area contributed by atoms with Gasteiger partial charge in [-0.1, -0.05) is 34.1 Å². The molecule has 5 atom stereocenters. The van der Waals surface area contributed by atoms with Crippen LogP contribution in [0.3, 0.4) is 0 Å². The van der Waals surface area contributed by atoms with Crippen molar-refractivity contribution in [1.82, 2.24) is 4.90 Å². The molecule has 0 amide bonds. The minimum atomic E-state index is 0.337. The van der Waals surface area contributed by atoms with Crippen LogP contribution in [0, 0.1) is 11.8 Å². The van der Waals surface area contributed by atoms with Gasteiger partial charge in [-0.05, 0) is 49.3 Å². The Morgan fingerprint density at radius 1 is 1.32 bits per heavy atom. The Balaban J connectivity index is 1.91. The SMILES string of the molecule is CCCC1Cc2c(oc3ccc(O)cc23)C2CC(C)CN1C2C(C)C. The van der Waals surface area contributed by atoms with E-state index in [-0.39, 0.29) is 0 Å². The minimum absolute atomic E-state index is 0.337. The Hall–Kier alpha value is -1.48. The lowest BCUT2D eigenvalue weighted by molar-refractivity contribution is 0.0242. The number of hydrogen-bond donors (Lipinski definition) is 1. The number of aromatic hydroxyl groups is 1. The molecule has 3 heteroatoms. The van der Waals surface area contributed by atoms with Gasteiger partial charge in [0.15, 0.2) is 0 Å². The summed E-state index contributed by atoms with van der Waals surface area (Å²) in [5.41, 5.74) is 2.30. The van der Waals surface area contributed by atoms with E-state index in [1.165, 1.54) is 37.1 Å². The fraction of sp³-hybridized carbons (Fsp3) is 0.636. The van der Waals surface area contributed by atoms with Gasteiger partial charge >= 0.3 is 0 Å². The number of rotatable bonds is 3. The summed E-state index contributed by atoms with van der Waals surface area (Å²) >= 11 is 0. The van der Waals surface area contributed by atoms with Crippen molar-refractivity contribution >= 4 is 11.0 Å². The Bertz CT molecular complexity index is 763. The molecule has 2 aliphatic heterocycles. The van der Waals surface area contributed by atoms with Gasteiger partial charge in [-0.3, -0.25) is 4.90 Å². The Morgan fingerprint density at radius 3 is 2.84 bits per heavy atom. The van der Waals surface area contributed by atoms with Crippen LogP contribution in [0.5, 0.6) is 5.75 Å². The predicted molar refractivity (Wildman–Crippen MR) is 102 cm³/mol. The van der Waals surface area contributed by atoms with E-state index < -0.39 is 0 Å². The van der Waals surface area contributed by atoms with Crippen molar-refractivity contribution in [2.45, 2.75) is 71.4 Å². The molecule has 1 saturated heterocycles. The molecule has 3 nitrogen and oxygen atoms in total. The zero-order chi connectivity index (χ0) is 17.7. The van der Waals surface area contributed by atoms with Crippen LogP contribution in [0.25, 0.3) is 11.0 Å². The molecule has 0 aliphatic carbocycles. The number of phenols is 1. The number of piperidine rings is 1. The van der Waals surface area contributed by atoms with E-state index in [2.05, 4.69) is 32.6 Å². The number of fused-ring (bicyclic) bond motifs is 6.